The van der Waals surface area contributed by atoms with Crippen LogP contribution in [0.1, 0.15) is 66.7 Å². The molecule has 0 radical (unpaired) electrons. The molecule has 1 N–H and O–H groups in total. The van der Waals surface area contributed by atoms with Gasteiger partial charge < -0.3 is 5.32 Å². The predicted octanol–water partition coefficient (Wildman–Crippen LogP) is 4.47. The van der Waals surface area contributed by atoms with E-state index >= 15 is 0 Å². The molecule has 1 nitrogen and oxygen atoms in total. The maximum atomic E-state index is 3.63. The average molecular weight is 251 g/mol. The summed E-state index contributed by atoms with van der Waals surface area (Å²) in [4.78, 5) is 0. The van der Waals surface area contributed by atoms with Gasteiger partial charge in [0.25, 0.3) is 0 Å². The van der Waals surface area contributed by atoms with Crippen molar-refractivity contribution in [1.82, 2.24) is 5.32 Å². The van der Waals surface area contributed by atoms with Crippen molar-refractivity contribution in [2.24, 2.45) is 28.6 Å². The van der Waals surface area contributed by atoms with Gasteiger partial charge in [0.2, 0.25) is 0 Å². The Morgan fingerprint density at radius 1 is 1.06 bits per heavy atom. The SMILES string of the molecule is CC(C)C1CNCCC12CCC(C(C)(C)C)CC2. The van der Waals surface area contributed by atoms with Gasteiger partial charge >= 0.3 is 0 Å². The maximum Gasteiger partial charge on any atom is -0.00127 e. The lowest BCUT2D eigenvalue weighted by atomic mass is 9.56. The van der Waals surface area contributed by atoms with Crippen LogP contribution in [0.4, 0.5) is 0 Å². The van der Waals surface area contributed by atoms with Gasteiger partial charge in [-0.15, -0.1) is 0 Å². The highest BCUT2D eigenvalue weighted by atomic mass is 14.9. The van der Waals surface area contributed by atoms with Crippen LogP contribution >= 0.6 is 0 Å². The fraction of sp³-hybridized carbons (Fsp3) is 1.00. The average Bonchev–Trinajstić information content (AvgIpc) is 2.28. The third-order valence-electron chi connectivity index (χ3n) is 5.96. The molecule has 2 fully saturated rings. The van der Waals surface area contributed by atoms with Gasteiger partial charge in [-0.2, -0.15) is 0 Å². The predicted molar refractivity (Wildman–Crippen MR) is 79.7 cm³/mol. The highest BCUT2D eigenvalue weighted by Crippen LogP contribution is 2.53. The Balaban J connectivity index is 2.05. The van der Waals surface area contributed by atoms with Crippen LogP contribution < -0.4 is 5.32 Å². The summed E-state index contributed by atoms with van der Waals surface area (Å²) in [7, 11) is 0. The molecule has 2 aliphatic rings. The van der Waals surface area contributed by atoms with Gasteiger partial charge in [0.1, 0.15) is 0 Å². The summed E-state index contributed by atoms with van der Waals surface area (Å²) >= 11 is 0. The van der Waals surface area contributed by atoms with E-state index in [4.69, 9.17) is 0 Å². The summed E-state index contributed by atoms with van der Waals surface area (Å²) in [6.07, 6.45) is 7.32. The van der Waals surface area contributed by atoms with Crippen LogP contribution in [0.3, 0.4) is 0 Å². The summed E-state index contributed by atoms with van der Waals surface area (Å²) in [5.41, 5.74) is 1.20. The zero-order valence-corrected chi connectivity index (χ0v) is 13.2. The van der Waals surface area contributed by atoms with Crippen LogP contribution in [-0.4, -0.2) is 13.1 Å². The first-order valence-corrected chi connectivity index (χ1v) is 8.06. The Kier molecular flexibility index (Phi) is 4.11. The molecule has 2 rings (SSSR count). The molecule has 1 aliphatic carbocycles. The molecule has 1 spiro atoms. The molecule has 1 heteroatoms. The van der Waals surface area contributed by atoms with Gasteiger partial charge in [-0.3, -0.25) is 0 Å². The van der Waals surface area contributed by atoms with Crippen LogP contribution in [0.15, 0.2) is 0 Å². The van der Waals surface area contributed by atoms with Gasteiger partial charge in [0.15, 0.2) is 0 Å². The molecule has 0 bridgehead atoms. The molecule has 1 heterocycles. The molecule has 0 aromatic rings. The van der Waals surface area contributed by atoms with E-state index < -0.39 is 0 Å². The van der Waals surface area contributed by atoms with E-state index in [9.17, 15) is 0 Å². The zero-order valence-electron chi connectivity index (χ0n) is 13.2. The first-order valence-electron chi connectivity index (χ1n) is 8.06. The molecule has 106 valence electrons. The lowest BCUT2D eigenvalue weighted by molar-refractivity contribution is -0.00351. The van der Waals surface area contributed by atoms with E-state index in [1.165, 1.54) is 45.2 Å². The maximum absolute atomic E-state index is 3.63. The normalized spacial score (nSPS) is 38.3. The second-order valence-electron chi connectivity index (χ2n) is 8.31. The van der Waals surface area contributed by atoms with Gasteiger partial charge in [-0.1, -0.05) is 34.6 Å². The van der Waals surface area contributed by atoms with E-state index in [1.807, 2.05) is 0 Å². The molecule has 1 unspecified atom stereocenters. The Bertz CT molecular complexity index is 266. The van der Waals surface area contributed by atoms with E-state index in [2.05, 4.69) is 39.9 Å². The molecular formula is C17H33N. The summed E-state index contributed by atoms with van der Waals surface area (Å²) in [5.74, 6) is 2.70. The quantitative estimate of drug-likeness (QED) is 0.725. The summed E-state index contributed by atoms with van der Waals surface area (Å²) in [6, 6.07) is 0. The van der Waals surface area contributed by atoms with Crippen LogP contribution in [0, 0.1) is 28.6 Å². The number of hydrogen-bond donors (Lipinski definition) is 1. The highest BCUT2D eigenvalue weighted by Gasteiger charge is 2.45. The Hall–Kier alpha value is -0.0400. The molecule has 1 aliphatic heterocycles. The molecule has 1 saturated carbocycles. The van der Waals surface area contributed by atoms with Crippen LogP contribution in [0.5, 0.6) is 0 Å². The first kappa shape index (κ1) is 14.4. The van der Waals surface area contributed by atoms with E-state index in [-0.39, 0.29) is 0 Å². The lowest BCUT2D eigenvalue weighted by Gasteiger charge is -2.52. The van der Waals surface area contributed by atoms with Crippen molar-refractivity contribution in [2.45, 2.75) is 66.7 Å². The van der Waals surface area contributed by atoms with Gasteiger partial charge in [-0.25, -0.2) is 0 Å². The fourth-order valence-corrected chi connectivity index (χ4v) is 4.62. The van der Waals surface area contributed by atoms with E-state index in [0.29, 0.717) is 10.8 Å². The van der Waals surface area contributed by atoms with Crippen molar-refractivity contribution < 1.29 is 0 Å². The highest BCUT2D eigenvalue weighted by molar-refractivity contribution is 4.97. The van der Waals surface area contributed by atoms with Crippen molar-refractivity contribution in [3.8, 4) is 0 Å². The molecule has 0 aromatic carbocycles. The monoisotopic (exact) mass is 251 g/mol. The molecule has 0 aromatic heterocycles. The second kappa shape index (κ2) is 5.15. The topological polar surface area (TPSA) is 12.0 Å². The van der Waals surface area contributed by atoms with Crippen molar-refractivity contribution in [1.29, 1.82) is 0 Å². The third-order valence-corrected chi connectivity index (χ3v) is 5.96. The minimum atomic E-state index is 0.516. The summed E-state index contributed by atoms with van der Waals surface area (Å²) in [5, 5.41) is 3.63. The molecular weight excluding hydrogens is 218 g/mol. The molecule has 1 atom stereocenters. The van der Waals surface area contributed by atoms with E-state index in [0.717, 1.165) is 17.8 Å². The van der Waals surface area contributed by atoms with Gasteiger partial charge in [0.05, 0.1) is 0 Å². The van der Waals surface area contributed by atoms with Crippen molar-refractivity contribution in [2.75, 3.05) is 13.1 Å². The van der Waals surface area contributed by atoms with Crippen LogP contribution in [0.25, 0.3) is 0 Å². The smallest absolute Gasteiger partial charge is 0.00127 e. The zero-order chi connectivity index (χ0) is 13.4. The standard InChI is InChI=1S/C17H33N/c1-13(2)15-12-18-11-10-17(15)8-6-14(7-9-17)16(3,4)5/h13-15,18H,6-12H2,1-5H3. The van der Waals surface area contributed by atoms with Crippen molar-refractivity contribution in [3.63, 3.8) is 0 Å². The van der Waals surface area contributed by atoms with Crippen LogP contribution in [-0.2, 0) is 0 Å². The lowest BCUT2D eigenvalue weighted by Crippen LogP contribution is -2.49. The van der Waals surface area contributed by atoms with Crippen LogP contribution in [0.2, 0.25) is 0 Å². The summed E-state index contributed by atoms with van der Waals surface area (Å²) in [6.45, 7) is 14.7. The number of nitrogens with one attached hydrogen (secondary N) is 1. The molecule has 1 saturated heterocycles. The van der Waals surface area contributed by atoms with Gasteiger partial charge in [-0.05, 0) is 73.8 Å². The van der Waals surface area contributed by atoms with Crippen molar-refractivity contribution >= 4 is 0 Å². The molecule has 0 amide bonds. The van der Waals surface area contributed by atoms with Crippen molar-refractivity contribution in [3.05, 3.63) is 0 Å². The largest absolute Gasteiger partial charge is 0.316 e. The first-order chi connectivity index (χ1) is 8.35. The number of piperidine rings is 1. The Morgan fingerprint density at radius 2 is 1.67 bits per heavy atom. The minimum Gasteiger partial charge on any atom is -0.316 e. The fourth-order valence-electron chi connectivity index (χ4n) is 4.62. The molecule has 18 heavy (non-hydrogen) atoms. The summed E-state index contributed by atoms with van der Waals surface area (Å²) < 4.78 is 0. The number of hydrogen-bond acceptors (Lipinski definition) is 1. The Labute approximate surface area is 114 Å². The Morgan fingerprint density at radius 3 is 2.17 bits per heavy atom. The van der Waals surface area contributed by atoms with E-state index in [1.54, 1.807) is 0 Å². The number of rotatable bonds is 1. The minimum absolute atomic E-state index is 0.516. The third kappa shape index (κ3) is 2.76. The second-order valence-corrected chi connectivity index (χ2v) is 8.31. The van der Waals surface area contributed by atoms with Gasteiger partial charge in [0, 0.05) is 0 Å².